The number of nitrogens with one attached hydrogen (secondary N) is 2. The van der Waals surface area contributed by atoms with Crippen molar-refractivity contribution in [3.63, 3.8) is 0 Å². The molecule has 0 radical (unpaired) electrons. The molecule has 8 heteroatoms. The lowest BCUT2D eigenvalue weighted by Gasteiger charge is -2.10. The van der Waals surface area contributed by atoms with Crippen LogP contribution in [0.5, 0.6) is 0 Å². The van der Waals surface area contributed by atoms with Crippen LogP contribution in [-0.2, 0) is 10.0 Å². The molecule has 0 aliphatic carbocycles. The number of anilines is 2. The van der Waals surface area contributed by atoms with Crippen LogP contribution in [0.15, 0.2) is 41.4 Å². The van der Waals surface area contributed by atoms with Crippen molar-refractivity contribution in [1.82, 2.24) is 4.98 Å². The lowest BCUT2D eigenvalue weighted by molar-refractivity contribution is 0.598. The average Bonchev–Trinajstić information content (AvgIpc) is 2.43. The standard InChI is InChI=1S/C12H11ClFN3O2S/c1-15-12-7-9(4-5-16-12)20(18,19)17-11-6-8(13)2-3-10(11)14/h2-7,17H,1H3,(H,15,16). The quantitative estimate of drug-likeness (QED) is 0.910. The van der Waals surface area contributed by atoms with Crippen LogP contribution in [0.2, 0.25) is 5.02 Å². The molecule has 0 bridgehead atoms. The molecule has 0 spiro atoms. The first-order chi connectivity index (χ1) is 9.42. The summed E-state index contributed by atoms with van der Waals surface area (Å²) >= 11 is 5.72. The summed E-state index contributed by atoms with van der Waals surface area (Å²) in [7, 11) is -2.30. The van der Waals surface area contributed by atoms with E-state index in [0.717, 1.165) is 6.07 Å². The van der Waals surface area contributed by atoms with Crippen molar-refractivity contribution in [2.24, 2.45) is 0 Å². The highest BCUT2D eigenvalue weighted by Crippen LogP contribution is 2.23. The predicted octanol–water partition coefficient (Wildman–Crippen LogP) is 2.72. The van der Waals surface area contributed by atoms with Crippen LogP contribution >= 0.6 is 11.6 Å². The molecule has 0 unspecified atom stereocenters. The van der Waals surface area contributed by atoms with Crippen LogP contribution in [0, 0.1) is 5.82 Å². The second kappa shape index (κ2) is 5.64. The van der Waals surface area contributed by atoms with E-state index in [9.17, 15) is 12.8 Å². The molecular formula is C12H11ClFN3O2S. The van der Waals surface area contributed by atoms with Gasteiger partial charge >= 0.3 is 0 Å². The summed E-state index contributed by atoms with van der Waals surface area (Å²) in [5.41, 5.74) is -0.208. The van der Waals surface area contributed by atoms with Gasteiger partial charge in [0.15, 0.2) is 0 Å². The molecule has 20 heavy (non-hydrogen) atoms. The Balaban J connectivity index is 2.38. The molecule has 0 aliphatic rings. The molecule has 1 aromatic carbocycles. The number of hydrogen-bond acceptors (Lipinski definition) is 4. The highest BCUT2D eigenvalue weighted by atomic mass is 35.5. The second-order valence-electron chi connectivity index (χ2n) is 3.86. The van der Waals surface area contributed by atoms with E-state index in [1.165, 1.54) is 30.5 Å². The number of rotatable bonds is 4. The lowest BCUT2D eigenvalue weighted by Crippen LogP contribution is -2.14. The molecule has 2 N–H and O–H groups in total. The zero-order chi connectivity index (χ0) is 14.8. The molecule has 5 nitrogen and oxygen atoms in total. The summed E-state index contributed by atoms with van der Waals surface area (Å²) in [6.07, 6.45) is 1.34. The van der Waals surface area contributed by atoms with Crippen LogP contribution in [0.25, 0.3) is 0 Å². The van der Waals surface area contributed by atoms with Gasteiger partial charge in [-0.2, -0.15) is 0 Å². The number of nitrogens with zero attached hydrogens (tertiary/aromatic N) is 1. The molecule has 0 atom stereocenters. The van der Waals surface area contributed by atoms with Gasteiger partial charge in [-0.1, -0.05) is 11.6 Å². The predicted molar refractivity (Wildman–Crippen MR) is 76.0 cm³/mol. The maximum absolute atomic E-state index is 13.6. The molecule has 0 fully saturated rings. The fourth-order valence-corrected chi connectivity index (χ4v) is 2.74. The van der Waals surface area contributed by atoms with Gasteiger partial charge in [-0.25, -0.2) is 17.8 Å². The Labute approximate surface area is 120 Å². The van der Waals surface area contributed by atoms with Crippen molar-refractivity contribution in [2.45, 2.75) is 4.90 Å². The van der Waals surface area contributed by atoms with Gasteiger partial charge in [0, 0.05) is 24.3 Å². The van der Waals surface area contributed by atoms with Gasteiger partial charge in [0.25, 0.3) is 10.0 Å². The zero-order valence-electron chi connectivity index (χ0n) is 10.4. The van der Waals surface area contributed by atoms with Crippen molar-refractivity contribution >= 4 is 33.1 Å². The minimum absolute atomic E-state index is 0.0313. The normalized spacial score (nSPS) is 11.2. The molecular weight excluding hydrogens is 305 g/mol. The number of pyridine rings is 1. The highest BCUT2D eigenvalue weighted by molar-refractivity contribution is 7.92. The summed E-state index contributed by atoms with van der Waals surface area (Å²) in [5, 5.41) is 2.96. The van der Waals surface area contributed by atoms with Crippen LogP contribution < -0.4 is 10.0 Å². The van der Waals surface area contributed by atoms with E-state index < -0.39 is 15.8 Å². The Kier molecular flexibility index (Phi) is 4.10. The molecule has 0 saturated heterocycles. The van der Waals surface area contributed by atoms with Crippen LogP contribution in [0.1, 0.15) is 0 Å². The summed E-state index contributed by atoms with van der Waals surface area (Å²) in [4.78, 5) is 3.88. The van der Waals surface area contributed by atoms with E-state index in [-0.39, 0.29) is 15.6 Å². The van der Waals surface area contributed by atoms with Crippen molar-refractivity contribution in [3.05, 3.63) is 47.4 Å². The number of hydrogen-bond donors (Lipinski definition) is 2. The number of benzene rings is 1. The van der Waals surface area contributed by atoms with Gasteiger partial charge in [0.05, 0.1) is 10.6 Å². The van der Waals surface area contributed by atoms with Crippen molar-refractivity contribution < 1.29 is 12.8 Å². The molecule has 0 saturated carbocycles. The second-order valence-corrected chi connectivity index (χ2v) is 5.98. The minimum Gasteiger partial charge on any atom is -0.373 e. The Hall–Kier alpha value is -1.86. The smallest absolute Gasteiger partial charge is 0.262 e. The third-order valence-electron chi connectivity index (χ3n) is 2.47. The highest BCUT2D eigenvalue weighted by Gasteiger charge is 2.17. The van der Waals surface area contributed by atoms with Crippen molar-refractivity contribution in [2.75, 3.05) is 17.1 Å². The van der Waals surface area contributed by atoms with E-state index >= 15 is 0 Å². The first-order valence-electron chi connectivity index (χ1n) is 5.54. The Morgan fingerprint density at radius 3 is 2.70 bits per heavy atom. The van der Waals surface area contributed by atoms with E-state index in [1.807, 2.05) is 0 Å². The average molecular weight is 316 g/mol. The first-order valence-corrected chi connectivity index (χ1v) is 7.40. The number of sulfonamides is 1. The van der Waals surface area contributed by atoms with Crippen LogP contribution in [0.3, 0.4) is 0 Å². The third-order valence-corrected chi connectivity index (χ3v) is 4.07. The third kappa shape index (κ3) is 3.17. The van der Waals surface area contributed by atoms with Gasteiger partial charge in [-0.3, -0.25) is 4.72 Å². The molecule has 0 amide bonds. The van der Waals surface area contributed by atoms with E-state index in [4.69, 9.17) is 11.6 Å². The summed E-state index contributed by atoms with van der Waals surface area (Å²) < 4.78 is 40.0. The number of halogens is 2. The molecule has 2 rings (SSSR count). The lowest BCUT2D eigenvalue weighted by atomic mass is 10.3. The monoisotopic (exact) mass is 315 g/mol. The summed E-state index contributed by atoms with van der Waals surface area (Å²) in [6.45, 7) is 0. The SMILES string of the molecule is CNc1cc(S(=O)(=O)Nc2cc(Cl)ccc2F)ccn1. The van der Waals surface area contributed by atoms with Gasteiger partial charge in [0.2, 0.25) is 0 Å². The van der Waals surface area contributed by atoms with Gasteiger partial charge in [-0.05, 0) is 24.3 Å². The van der Waals surface area contributed by atoms with E-state index in [0.29, 0.717) is 5.82 Å². The maximum Gasteiger partial charge on any atom is 0.262 e. The zero-order valence-corrected chi connectivity index (χ0v) is 12.0. The number of aromatic nitrogens is 1. The topological polar surface area (TPSA) is 71.1 Å². The largest absolute Gasteiger partial charge is 0.373 e. The maximum atomic E-state index is 13.6. The van der Waals surface area contributed by atoms with Gasteiger partial charge in [0.1, 0.15) is 11.6 Å². The first kappa shape index (κ1) is 14.5. The molecule has 1 heterocycles. The molecule has 2 aromatic rings. The molecule has 106 valence electrons. The summed E-state index contributed by atoms with van der Waals surface area (Å²) in [5.74, 6) is -0.319. The van der Waals surface area contributed by atoms with Crippen LogP contribution in [0.4, 0.5) is 15.9 Å². The van der Waals surface area contributed by atoms with E-state index in [1.54, 1.807) is 7.05 Å². The fourth-order valence-electron chi connectivity index (χ4n) is 1.49. The van der Waals surface area contributed by atoms with Gasteiger partial charge in [-0.15, -0.1) is 0 Å². The Morgan fingerprint density at radius 2 is 2.00 bits per heavy atom. The van der Waals surface area contributed by atoms with Gasteiger partial charge < -0.3 is 5.32 Å². The van der Waals surface area contributed by atoms with Crippen molar-refractivity contribution in [1.29, 1.82) is 0 Å². The van der Waals surface area contributed by atoms with E-state index in [2.05, 4.69) is 15.0 Å². The molecule has 0 aliphatic heterocycles. The van der Waals surface area contributed by atoms with Crippen LogP contribution in [-0.4, -0.2) is 20.4 Å². The minimum atomic E-state index is -3.91. The Bertz CT molecular complexity index is 737. The molecule has 1 aromatic heterocycles. The van der Waals surface area contributed by atoms with Crippen molar-refractivity contribution in [3.8, 4) is 0 Å². The summed E-state index contributed by atoms with van der Waals surface area (Å²) in [6, 6.07) is 6.27. The fraction of sp³-hybridized carbons (Fsp3) is 0.0833. The Morgan fingerprint density at radius 1 is 1.25 bits per heavy atom.